The topological polar surface area (TPSA) is 63.2 Å². The number of aryl methyl sites for hydroxylation is 2. The summed E-state index contributed by atoms with van der Waals surface area (Å²) in [5.41, 5.74) is 5.01. The van der Waals surface area contributed by atoms with Gasteiger partial charge in [0.15, 0.2) is 0 Å². The molecule has 138 valence electrons. The van der Waals surface area contributed by atoms with Gasteiger partial charge in [0.2, 0.25) is 0 Å². The molecule has 26 heavy (non-hydrogen) atoms. The predicted octanol–water partition coefficient (Wildman–Crippen LogP) is 3.56. The Balaban J connectivity index is 1.86. The maximum absolute atomic E-state index is 12.5. The Hall–Kier alpha value is -2.40. The van der Waals surface area contributed by atoms with E-state index in [1.165, 1.54) is 24.0 Å². The van der Waals surface area contributed by atoms with Crippen LogP contribution in [0.2, 0.25) is 0 Å². The molecule has 1 aliphatic carbocycles. The van der Waals surface area contributed by atoms with Crippen LogP contribution in [0.25, 0.3) is 11.3 Å². The summed E-state index contributed by atoms with van der Waals surface area (Å²) >= 11 is 0. The molecule has 2 aromatic rings. The van der Waals surface area contributed by atoms with Gasteiger partial charge in [-0.05, 0) is 61.9 Å². The molecule has 0 aliphatic heterocycles. The van der Waals surface area contributed by atoms with Crippen molar-refractivity contribution in [1.82, 2.24) is 10.3 Å². The molecule has 1 amide bonds. The van der Waals surface area contributed by atoms with Gasteiger partial charge in [-0.2, -0.15) is 0 Å². The fourth-order valence-electron chi connectivity index (χ4n) is 2.76. The molecule has 0 atom stereocenters. The van der Waals surface area contributed by atoms with Crippen molar-refractivity contribution in [2.45, 2.75) is 26.7 Å². The monoisotopic (exact) mass is 353 g/mol. The number of carbonyl (C=O) groups is 1. The van der Waals surface area contributed by atoms with Gasteiger partial charge in [0.05, 0.1) is 17.9 Å². The number of pyridine rings is 1. The minimum Gasteiger partial charge on any atom is -0.383 e. The zero-order valence-electron chi connectivity index (χ0n) is 15.8. The third kappa shape index (κ3) is 4.61. The van der Waals surface area contributed by atoms with Crippen molar-refractivity contribution in [3.05, 3.63) is 47.0 Å². The van der Waals surface area contributed by atoms with Crippen LogP contribution < -0.4 is 10.6 Å². The fourth-order valence-corrected chi connectivity index (χ4v) is 2.76. The molecule has 5 heteroatoms. The number of ether oxygens (including phenoxy) is 1. The average molecular weight is 353 g/mol. The van der Waals surface area contributed by atoms with Crippen LogP contribution in [-0.2, 0) is 4.74 Å². The third-order valence-corrected chi connectivity index (χ3v) is 4.79. The Morgan fingerprint density at radius 3 is 2.69 bits per heavy atom. The predicted molar refractivity (Wildman–Crippen MR) is 105 cm³/mol. The van der Waals surface area contributed by atoms with Crippen molar-refractivity contribution < 1.29 is 9.53 Å². The van der Waals surface area contributed by atoms with E-state index in [-0.39, 0.29) is 5.91 Å². The maximum Gasteiger partial charge on any atom is 0.255 e. The van der Waals surface area contributed by atoms with Crippen molar-refractivity contribution in [2.24, 2.45) is 5.92 Å². The number of rotatable bonds is 8. The summed E-state index contributed by atoms with van der Waals surface area (Å²) < 4.78 is 5.00. The van der Waals surface area contributed by atoms with Gasteiger partial charge in [-0.15, -0.1) is 0 Å². The molecule has 2 N–H and O–H groups in total. The van der Waals surface area contributed by atoms with Gasteiger partial charge in [-0.3, -0.25) is 4.79 Å². The molecule has 0 unspecified atom stereocenters. The van der Waals surface area contributed by atoms with Crippen LogP contribution >= 0.6 is 0 Å². The van der Waals surface area contributed by atoms with Gasteiger partial charge >= 0.3 is 0 Å². The first kappa shape index (κ1) is 18.4. The summed E-state index contributed by atoms with van der Waals surface area (Å²) in [5.74, 6) is 1.23. The summed E-state index contributed by atoms with van der Waals surface area (Å²) in [6.07, 6.45) is 2.50. The number of amides is 1. The van der Waals surface area contributed by atoms with E-state index in [1.807, 2.05) is 12.1 Å². The first-order valence-corrected chi connectivity index (χ1v) is 9.18. The molecular formula is C21H27N3O2. The van der Waals surface area contributed by atoms with E-state index in [0.717, 1.165) is 17.8 Å². The number of nitrogens with zero attached hydrogens (tertiary/aromatic N) is 1. The lowest BCUT2D eigenvalue weighted by atomic mass is 10.0. The van der Waals surface area contributed by atoms with Crippen molar-refractivity contribution in [3.63, 3.8) is 0 Å². The van der Waals surface area contributed by atoms with E-state index < -0.39 is 0 Å². The number of nitrogens with one attached hydrogen (secondary N) is 2. The Bertz CT molecular complexity index is 785. The Morgan fingerprint density at radius 1 is 1.19 bits per heavy atom. The minimum absolute atomic E-state index is 0.125. The van der Waals surface area contributed by atoms with E-state index in [2.05, 4.69) is 42.7 Å². The van der Waals surface area contributed by atoms with Gasteiger partial charge in [0, 0.05) is 25.8 Å². The van der Waals surface area contributed by atoms with Gasteiger partial charge in [-0.1, -0.05) is 12.1 Å². The molecule has 1 fully saturated rings. The number of aromatic nitrogens is 1. The van der Waals surface area contributed by atoms with E-state index in [0.29, 0.717) is 30.5 Å². The number of anilines is 1. The summed E-state index contributed by atoms with van der Waals surface area (Å²) in [7, 11) is 1.62. The average Bonchev–Trinajstić information content (AvgIpc) is 3.46. The molecule has 0 radical (unpaired) electrons. The largest absolute Gasteiger partial charge is 0.383 e. The molecule has 1 aromatic carbocycles. The van der Waals surface area contributed by atoms with Gasteiger partial charge in [0.1, 0.15) is 5.82 Å². The minimum atomic E-state index is -0.125. The molecule has 3 rings (SSSR count). The molecular weight excluding hydrogens is 326 g/mol. The summed E-state index contributed by atoms with van der Waals surface area (Å²) in [5, 5.41) is 6.25. The lowest BCUT2D eigenvalue weighted by molar-refractivity contribution is 0.0937. The molecule has 0 bridgehead atoms. The number of benzene rings is 1. The number of hydrogen-bond acceptors (Lipinski definition) is 4. The van der Waals surface area contributed by atoms with Crippen LogP contribution in [0.3, 0.4) is 0 Å². The van der Waals surface area contributed by atoms with Crippen LogP contribution in [0, 0.1) is 19.8 Å². The first-order valence-electron chi connectivity index (χ1n) is 9.18. The Labute approximate surface area is 155 Å². The Morgan fingerprint density at radius 2 is 2.00 bits per heavy atom. The number of methoxy groups -OCH3 is 1. The van der Waals surface area contributed by atoms with Gasteiger partial charge < -0.3 is 15.4 Å². The molecule has 1 aromatic heterocycles. The number of carbonyl (C=O) groups excluding carboxylic acids is 1. The van der Waals surface area contributed by atoms with Gasteiger partial charge in [0.25, 0.3) is 5.91 Å². The SMILES string of the molecule is COCCNC(=O)c1ccc(-c2ccc(C)c(C)c2)nc1NCC1CC1. The lowest BCUT2D eigenvalue weighted by Crippen LogP contribution is -2.28. The van der Waals surface area contributed by atoms with Crippen molar-refractivity contribution in [3.8, 4) is 11.3 Å². The first-order chi connectivity index (χ1) is 12.6. The van der Waals surface area contributed by atoms with Crippen molar-refractivity contribution in [2.75, 3.05) is 32.1 Å². The van der Waals surface area contributed by atoms with Crippen LogP contribution in [0.15, 0.2) is 30.3 Å². The van der Waals surface area contributed by atoms with Crippen LogP contribution in [0.1, 0.15) is 34.3 Å². The highest BCUT2D eigenvalue weighted by molar-refractivity contribution is 5.99. The van der Waals surface area contributed by atoms with E-state index in [1.54, 1.807) is 7.11 Å². The zero-order valence-corrected chi connectivity index (χ0v) is 15.8. The summed E-state index contributed by atoms with van der Waals surface area (Å²) in [4.78, 5) is 17.3. The highest BCUT2D eigenvalue weighted by Gasteiger charge is 2.22. The summed E-state index contributed by atoms with van der Waals surface area (Å²) in [6.45, 7) is 6.04. The second-order valence-corrected chi connectivity index (χ2v) is 6.96. The highest BCUT2D eigenvalue weighted by atomic mass is 16.5. The lowest BCUT2D eigenvalue weighted by Gasteiger charge is -2.13. The van der Waals surface area contributed by atoms with E-state index in [9.17, 15) is 4.79 Å². The highest BCUT2D eigenvalue weighted by Crippen LogP contribution is 2.30. The molecule has 0 saturated heterocycles. The summed E-state index contributed by atoms with van der Waals surface area (Å²) in [6, 6.07) is 10.1. The zero-order chi connectivity index (χ0) is 18.5. The Kier molecular flexibility index (Phi) is 5.89. The second kappa shape index (κ2) is 8.32. The fraction of sp³-hybridized carbons (Fsp3) is 0.429. The third-order valence-electron chi connectivity index (χ3n) is 4.79. The normalized spacial score (nSPS) is 13.5. The van der Waals surface area contributed by atoms with Crippen LogP contribution in [0.4, 0.5) is 5.82 Å². The molecule has 1 heterocycles. The molecule has 1 saturated carbocycles. The molecule has 5 nitrogen and oxygen atoms in total. The standard InChI is InChI=1S/C21H27N3O2/c1-14-4-7-17(12-15(14)2)19-9-8-18(21(25)22-10-11-26-3)20(24-19)23-13-16-5-6-16/h4,7-9,12,16H,5-6,10-11,13H2,1-3H3,(H,22,25)(H,23,24). The second-order valence-electron chi connectivity index (χ2n) is 6.96. The van der Waals surface area contributed by atoms with Crippen LogP contribution in [0.5, 0.6) is 0 Å². The van der Waals surface area contributed by atoms with E-state index >= 15 is 0 Å². The van der Waals surface area contributed by atoms with Crippen molar-refractivity contribution in [1.29, 1.82) is 0 Å². The molecule has 0 spiro atoms. The maximum atomic E-state index is 12.5. The molecule has 1 aliphatic rings. The van der Waals surface area contributed by atoms with Crippen LogP contribution in [-0.4, -0.2) is 37.7 Å². The number of hydrogen-bond donors (Lipinski definition) is 2. The quantitative estimate of drug-likeness (QED) is 0.712. The van der Waals surface area contributed by atoms with Gasteiger partial charge in [-0.25, -0.2) is 4.98 Å². The smallest absolute Gasteiger partial charge is 0.255 e. The van der Waals surface area contributed by atoms with E-state index in [4.69, 9.17) is 9.72 Å². The van der Waals surface area contributed by atoms with Crippen molar-refractivity contribution >= 4 is 11.7 Å².